The van der Waals surface area contributed by atoms with E-state index in [0.29, 0.717) is 17.1 Å². The van der Waals surface area contributed by atoms with Crippen LogP contribution >= 0.6 is 0 Å². The highest BCUT2D eigenvalue weighted by Gasteiger charge is 2.45. The van der Waals surface area contributed by atoms with Crippen molar-refractivity contribution in [2.45, 2.75) is 44.6 Å². The summed E-state index contributed by atoms with van der Waals surface area (Å²) >= 11 is 0. The van der Waals surface area contributed by atoms with Crippen molar-refractivity contribution in [3.63, 3.8) is 0 Å². The summed E-state index contributed by atoms with van der Waals surface area (Å²) in [6, 6.07) is 25.4. The zero-order valence-corrected chi connectivity index (χ0v) is 20.7. The first kappa shape index (κ1) is 24.3. The van der Waals surface area contributed by atoms with E-state index in [2.05, 4.69) is 10.5 Å². The molecule has 1 aliphatic rings. The highest BCUT2D eigenvalue weighted by atomic mass is 16.6. The van der Waals surface area contributed by atoms with Gasteiger partial charge in [-0.15, -0.1) is 0 Å². The number of aromatic nitrogens is 1. The Balaban J connectivity index is 1.29. The summed E-state index contributed by atoms with van der Waals surface area (Å²) in [5.41, 5.74) is 5.61. The van der Waals surface area contributed by atoms with Gasteiger partial charge in [0.15, 0.2) is 5.76 Å². The van der Waals surface area contributed by atoms with E-state index in [4.69, 9.17) is 9.26 Å². The molecule has 0 saturated heterocycles. The zero-order chi connectivity index (χ0) is 26.0. The van der Waals surface area contributed by atoms with Crippen LogP contribution in [0.3, 0.4) is 0 Å². The van der Waals surface area contributed by atoms with Gasteiger partial charge < -0.3 is 14.4 Å². The van der Waals surface area contributed by atoms with E-state index in [1.54, 1.807) is 6.92 Å². The number of rotatable bonds is 8. The van der Waals surface area contributed by atoms with Crippen LogP contribution in [0.15, 0.2) is 83.4 Å². The van der Waals surface area contributed by atoms with Gasteiger partial charge in [0, 0.05) is 11.0 Å². The fourth-order valence-corrected chi connectivity index (χ4v) is 4.64. The van der Waals surface area contributed by atoms with Gasteiger partial charge in [-0.3, -0.25) is 10.1 Å². The van der Waals surface area contributed by atoms with E-state index in [0.717, 1.165) is 40.7 Å². The number of ether oxygens (including phenoxy) is 1. The van der Waals surface area contributed by atoms with E-state index >= 15 is 0 Å². The summed E-state index contributed by atoms with van der Waals surface area (Å²) in [5, 5.41) is 16.0. The zero-order valence-electron chi connectivity index (χ0n) is 20.7. The van der Waals surface area contributed by atoms with Crippen LogP contribution in [0.1, 0.15) is 49.1 Å². The average Bonchev–Trinajstić information content (AvgIpc) is 3.59. The predicted octanol–water partition coefficient (Wildman–Crippen LogP) is 7.13. The summed E-state index contributed by atoms with van der Waals surface area (Å²) in [7, 11) is 0. The lowest BCUT2D eigenvalue weighted by Crippen LogP contribution is -2.16. The number of aryl methyl sites for hydroxylation is 1. The van der Waals surface area contributed by atoms with E-state index < -0.39 is 18.2 Å². The Morgan fingerprint density at radius 2 is 1.57 bits per heavy atom. The number of benzene rings is 3. The Morgan fingerprint density at radius 1 is 0.973 bits per heavy atom. The Bertz CT molecular complexity index is 1400. The second-order valence-corrected chi connectivity index (χ2v) is 9.56. The average molecular weight is 497 g/mol. The van der Waals surface area contributed by atoms with Gasteiger partial charge in [0.25, 0.3) is 0 Å². The first-order valence-corrected chi connectivity index (χ1v) is 12.3. The number of hydrogen-bond donors (Lipinski definition) is 2. The molecule has 0 bridgehead atoms. The lowest BCUT2D eigenvalue weighted by molar-refractivity contribution is -0.137. The predicted molar refractivity (Wildman–Crippen MR) is 140 cm³/mol. The van der Waals surface area contributed by atoms with E-state index in [1.807, 2.05) is 85.8 Å². The van der Waals surface area contributed by atoms with Crippen LogP contribution in [0.2, 0.25) is 0 Å². The number of aliphatic carboxylic acids is 1. The minimum absolute atomic E-state index is 0.173. The summed E-state index contributed by atoms with van der Waals surface area (Å²) in [6.45, 7) is 3.58. The summed E-state index contributed by atoms with van der Waals surface area (Å²) < 4.78 is 11.1. The van der Waals surface area contributed by atoms with Gasteiger partial charge in [-0.1, -0.05) is 84.0 Å². The quantitative estimate of drug-likeness (QED) is 0.269. The topological polar surface area (TPSA) is 102 Å². The highest BCUT2D eigenvalue weighted by Crippen LogP contribution is 2.51. The smallest absolute Gasteiger partial charge is 0.412 e. The number of carbonyl (C=O) groups is 2. The lowest BCUT2D eigenvalue weighted by Gasteiger charge is -2.14. The molecule has 1 unspecified atom stereocenters. The summed E-state index contributed by atoms with van der Waals surface area (Å²) in [5.74, 6) is -0.305. The third-order valence-corrected chi connectivity index (χ3v) is 6.96. The van der Waals surface area contributed by atoms with Crippen LogP contribution in [-0.2, 0) is 14.9 Å². The Labute approximate surface area is 215 Å². The fourth-order valence-electron chi connectivity index (χ4n) is 4.64. The molecule has 2 N–H and O–H groups in total. The van der Waals surface area contributed by atoms with Gasteiger partial charge >= 0.3 is 12.1 Å². The maximum atomic E-state index is 12.6. The van der Waals surface area contributed by atoms with Gasteiger partial charge in [-0.05, 0) is 48.9 Å². The fraction of sp³-hybridized carbons (Fsp3) is 0.233. The van der Waals surface area contributed by atoms with Crippen LogP contribution in [0.25, 0.3) is 22.5 Å². The molecule has 1 amide bonds. The van der Waals surface area contributed by atoms with Crippen molar-refractivity contribution in [1.82, 2.24) is 5.16 Å². The molecule has 37 heavy (non-hydrogen) atoms. The minimum Gasteiger partial charge on any atom is -0.481 e. The number of amides is 1. The van der Waals surface area contributed by atoms with Gasteiger partial charge in [0.1, 0.15) is 17.5 Å². The molecule has 1 heterocycles. The number of hydrogen-bond acceptors (Lipinski definition) is 5. The van der Waals surface area contributed by atoms with Gasteiger partial charge in [0.05, 0.1) is 6.42 Å². The SMILES string of the molecule is Cc1noc(-c2ccc(-c3ccc(C4(CC(=O)O)CC4)cc3)cc2)c1NC(=O)OC(C)c1ccccc1. The van der Waals surface area contributed by atoms with Crippen molar-refractivity contribution in [1.29, 1.82) is 0 Å². The number of nitrogens with one attached hydrogen (secondary N) is 1. The second-order valence-electron chi connectivity index (χ2n) is 9.56. The summed E-state index contributed by atoms with van der Waals surface area (Å²) in [4.78, 5) is 23.8. The molecule has 1 aliphatic carbocycles. The van der Waals surface area contributed by atoms with Crippen LogP contribution in [0.5, 0.6) is 0 Å². The molecule has 1 atom stereocenters. The molecule has 7 heteroatoms. The van der Waals surface area contributed by atoms with Crippen molar-refractivity contribution in [2.24, 2.45) is 0 Å². The standard InChI is InChI=1S/C30H28N2O5/c1-19-27(31-29(35)36-20(2)21-6-4-3-5-7-21)28(37-32-19)24-10-8-22(9-11-24)23-12-14-25(15-13-23)30(16-17-30)18-26(33)34/h3-15,20H,16-18H2,1-2H3,(H,31,35)(H,33,34). The molecule has 0 aliphatic heterocycles. The van der Waals surface area contributed by atoms with E-state index in [-0.39, 0.29) is 11.8 Å². The van der Waals surface area contributed by atoms with Crippen LogP contribution in [0.4, 0.5) is 10.5 Å². The highest BCUT2D eigenvalue weighted by molar-refractivity contribution is 5.91. The maximum Gasteiger partial charge on any atom is 0.412 e. The molecular weight excluding hydrogens is 468 g/mol. The third kappa shape index (κ3) is 5.26. The molecule has 4 aromatic rings. The molecule has 0 radical (unpaired) electrons. The minimum atomic E-state index is -0.757. The molecule has 3 aromatic carbocycles. The Hall–Kier alpha value is -4.39. The van der Waals surface area contributed by atoms with Crippen LogP contribution in [-0.4, -0.2) is 22.3 Å². The van der Waals surface area contributed by atoms with Crippen LogP contribution in [0, 0.1) is 6.92 Å². The van der Waals surface area contributed by atoms with Crippen molar-refractivity contribution < 1.29 is 24.0 Å². The Kier molecular flexibility index (Phi) is 6.53. The lowest BCUT2D eigenvalue weighted by atomic mass is 9.91. The first-order chi connectivity index (χ1) is 17.8. The number of carboxylic acid groups (broad SMARTS) is 1. The third-order valence-electron chi connectivity index (χ3n) is 6.96. The number of carbonyl (C=O) groups excluding carboxylic acids is 1. The molecule has 1 fully saturated rings. The normalized spacial score (nSPS) is 14.5. The molecule has 5 rings (SSSR count). The first-order valence-electron chi connectivity index (χ1n) is 12.3. The monoisotopic (exact) mass is 496 g/mol. The van der Waals surface area contributed by atoms with E-state index in [9.17, 15) is 14.7 Å². The molecule has 188 valence electrons. The Morgan fingerprint density at radius 3 is 2.16 bits per heavy atom. The second kappa shape index (κ2) is 9.93. The number of nitrogens with zero attached hydrogens (tertiary/aromatic N) is 1. The molecule has 1 saturated carbocycles. The van der Waals surface area contributed by atoms with Gasteiger partial charge in [-0.25, -0.2) is 4.79 Å². The number of carboxylic acids is 1. The van der Waals surface area contributed by atoms with Crippen molar-refractivity contribution in [2.75, 3.05) is 5.32 Å². The largest absolute Gasteiger partial charge is 0.481 e. The van der Waals surface area contributed by atoms with Crippen molar-refractivity contribution >= 4 is 17.7 Å². The molecule has 7 nitrogen and oxygen atoms in total. The maximum absolute atomic E-state index is 12.6. The van der Waals surface area contributed by atoms with Gasteiger partial charge in [-0.2, -0.15) is 0 Å². The van der Waals surface area contributed by atoms with E-state index in [1.165, 1.54) is 0 Å². The van der Waals surface area contributed by atoms with Crippen molar-refractivity contribution in [3.8, 4) is 22.5 Å². The molecular formula is C30H28N2O5. The molecule has 0 spiro atoms. The van der Waals surface area contributed by atoms with Gasteiger partial charge in [0.2, 0.25) is 0 Å². The molecule has 1 aromatic heterocycles. The number of anilines is 1. The van der Waals surface area contributed by atoms with Crippen molar-refractivity contribution in [3.05, 3.63) is 95.7 Å². The summed E-state index contributed by atoms with van der Waals surface area (Å²) in [6.07, 6.45) is 1.01. The van der Waals surface area contributed by atoms with Crippen LogP contribution < -0.4 is 5.32 Å².